The first kappa shape index (κ1) is 12.2. The van der Waals surface area contributed by atoms with Crippen LogP contribution in [0.5, 0.6) is 11.5 Å². The summed E-state index contributed by atoms with van der Waals surface area (Å²) in [4.78, 5) is 0. The molecule has 0 atom stereocenters. The minimum atomic E-state index is 0.208. The van der Waals surface area contributed by atoms with Gasteiger partial charge in [0.1, 0.15) is 0 Å². The second-order valence-electron chi connectivity index (χ2n) is 4.45. The Labute approximate surface area is 102 Å². The lowest BCUT2D eigenvalue weighted by molar-refractivity contribution is 0.114. The van der Waals surface area contributed by atoms with Crippen molar-refractivity contribution < 1.29 is 14.6 Å². The summed E-state index contributed by atoms with van der Waals surface area (Å²) >= 11 is 0. The lowest BCUT2D eigenvalue weighted by atomic mass is 9.96. The molecule has 0 aliphatic heterocycles. The number of ether oxygens (including phenoxy) is 2. The van der Waals surface area contributed by atoms with Gasteiger partial charge in [-0.2, -0.15) is 0 Å². The van der Waals surface area contributed by atoms with E-state index in [1.165, 1.54) is 6.42 Å². The molecule has 2 rings (SSSR count). The first-order chi connectivity index (χ1) is 8.35. The maximum absolute atomic E-state index is 8.91. The van der Waals surface area contributed by atoms with Crippen LogP contribution in [0.4, 0.5) is 0 Å². The number of para-hydroxylation sites is 1. The van der Waals surface area contributed by atoms with Gasteiger partial charge in [-0.05, 0) is 43.7 Å². The van der Waals surface area contributed by atoms with Crippen molar-refractivity contribution >= 4 is 0 Å². The first-order valence-electron chi connectivity index (χ1n) is 6.28. The quantitative estimate of drug-likeness (QED) is 0.825. The van der Waals surface area contributed by atoms with Gasteiger partial charge in [-0.15, -0.1) is 0 Å². The predicted octanol–water partition coefficient (Wildman–Crippen LogP) is 2.55. The van der Waals surface area contributed by atoms with Gasteiger partial charge in [0.05, 0.1) is 13.2 Å². The molecule has 1 saturated carbocycles. The average Bonchev–Trinajstić information content (AvgIpc) is 2.31. The van der Waals surface area contributed by atoms with Gasteiger partial charge in [0.2, 0.25) is 0 Å². The molecule has 1 aromatic rings. The van der Waals surface area contributed by atoms with Crippen LogP contribution in [0.3, 0.4) is 0 Å². The van der Waals surface area contributed by atoms with Crippen LogP contribution in [0.15, 0.2) is 18.2 Å². The minimum Gasteiger partial charge on any atom is -0.493 e. The molecule has 0 bridgehead atoms. The van der Waals surface area contributed by atoms with E-state index in [4.69, 9.17) is 14.6 Å². The minimum absolute atomic E-state index is 0.208. The molecule has 0 heterocycles. The van der Waals surface area contributed by atoms with Crippen molar-refractivity contribution in [2.45, 2.75) is 38.2 Å². The molecule has 1 aliphatic carbocycles. The zero-order valence-corrected chi connectivity index (χ0v) is 10.3. The van der Waals surface area contributed by atoms with Gasteiger partial charge >= 0.3 is 0 Å². The predicted molar refractivity (Wildman–Crippen MR) is 66.7 cm³/mol. The molecule has 0 aromatic heterocycles. The zero-order chi connectivity index (χ0) is 12.1. The summed E-state index contributed by atoms with van der Waals surface area (Å²) in [5.41, 5.74) is 1.13. The highest BCUT2D eigenvalue weighted by atomic mass is 16.5. The highest BCUT2D eigenvalue weighted by molar-refractivity contribution is 5.47. The highest BCUT2D eigenvalue weighted by Crippen LogP contribution is 2.35. The number of aryl methyl sites for hydroxylation is 1. The van der Waals surface area contributed by atoms with Crippen LogP contribution in [0.2, 0.25) is 0 Å². The van der Waals surface area contributed by atoms with Crippen molar-refractivity contribution in [3.8, 4) is 11.5 Å². The number of methoxy groups -OCH3 is 1. The summed E-state index contributed by atoms with van der Waals surface area (Å²) in [6, 6.07) is 5.95. The maximum Gasteiger partial charge on any atom is 0.164 e. The van der Waals surface area contributed by atoms with E-state index in [1.807, 2.05) is 18.2 Å². The summed E-state index contributed by atoms with van der Waals surface area (Å²) in [7, 11) is 1.67. The summed E-state index contributed by atoms with van der Waals surface area (Å²) in [6.07, 6.45) is 5.46. The van der Waals surface area contributed by atoms with E-state index in [2.05, 4.69) is 0 Å². The van der Waals surface area contributed by atoms with Gasteiger partial charge in [-0.1, -0.05) is 12.1 Å². The first-order valence-corrected chi connectivity index (χ1v) is 6.28. The van der Waals surface area contributed by atoms with E-state index in [-0.39, 0.29) is 6.61 Å². The molecule has 1 aliphatic rings. The largest absolute Gasteiger partial charge is 0.493 e. The van der Waals surface area contributed by atoms with Gasteiger partial charge in [-0.25, -0.2) is 0 Å². The fraction of sp³-hybridized carbons (Fsp3) is 0.571. The van der Waals surface area contributed by atoms with E-state index in [1.54, 1.807) is 7.11 Å². The normalized spacial score (nSPS) is 15.4. The van der Waals surface area contributed by atoms with Gasteiger partial charge in [0.15, 0.2) is 11.5 Å². The zero-order valence-electron chi connectivity index (χ0n) is 10.3. The van der Waals surface area contributed by atoms with Crippen LogP contribution >= 0.6 is 0 Å². The van der Waals surface area contributed by atoms with Gasteiger partial charge in [0.25, 0.3) is 0 Å². The molecule has 0 radical (unpaired) electrons. The summed E-state index contributed by atoms with van der Waals surface area (Å²) in [6.45, 7) is 0.208. The van der Waals surface area contributed by atoms with Crippen LogP contribution in [0, 0.1) is 0 Å². The van der Waals surface area contributed by atoms with E-state index >= 15 is 0 Å². The molecule has 1 N–H and O–H groups in total. The van der Waals surface area contributed by atoms with Gasteiger partial charge < -0.3 is 14.6 Å². The SMILES string of the molecule is COc1cccc(CCCO)c1OC1CCC1. The fourth-order valence-electron chi connectivity index (χ4n) is 1.98. The number of benzene rings is 1. The molecule has 94 valence electrons. The molecule has 1 fully saturated rings. The maximum atomic E-state index is 8.91. The Morgan fingerprint density at radius 3 is 2.76 bits per heavy atom. The Hall–Kier alpha value is -1.22. The Morgan fingerprint density at radius 1 is 1.35 bits per heavy atom. The molecular weight excluding hydrogens is 216 g/mol. The lowest BCUT2D eigenvalue weighted by Crippen LogP contribution is -2.25. The molecule has 0 saturated heterocycles. The Morgan fingerprint density at radius 2 is 2.18 bits per heavy atom. The fourth-order valence-corrected chi connectivity index (χ4v) is 1.98. The molecule has 17 heavy (non-hydrogen) atoms. The molecular formula is C14H20O3. The number of hydrogen-bond donors (Lipinski definition) is 1. The molecule has 3 nitrogen and oxygen atoms in total. The summed E-state index contributed by atoms with van der Waals surface area (Å²) in [5.74, 6) is 1.67. The van der Waals surface area contributed by atoms with E-state index < -0.39 is 0 Å². The van der Waals surface area contributed by atoms with Crippen LogP contribution in [-0.2, 0) is 6.42 Å². The van der Waals surface area contributed by atoms with Gasteiger partial charge in [0, 0.05) is 6.61 Å². The average molecular weight is 236 g/mol. The van der Waals surface area contributed by atoms with Gasteiger partial charge in [-0.3, -0.25) is 0 Å². The number of aliphatic hydroxyl groups is 1. The number of hydrogen-bond acceptors (Lipinski definition) is 3. The van der Waals surface area contributed by atoms with E-state index in [9.17, 15) is 0 Å². The van der Waals surface area contributed by atoms with Crippen LogP contribution in [-0.4, -0.2) is 24.9 Å². The van der Waals surface area contributed by atoms with Crippen molar-refractivity contribution in [3.05, 3.63) is 23.8 Å². The van der Waals surface area contributed by atoms with Crippen molar-refractivity contribution in [1.29, 1.82) is 0 Å². The van der Waals surface area contributed by atoms with Crippen LogP contribution in [0.1, 0.15) is 31.2 Å². The molecule has 0 spiro atoms. The monoisotopic (exact) mass is 236 g/mol. The third-order valence-corrected chi connectivity index (χ3v) is 3.22. The van der Waals surface area contributed by atoms with Crippen LogP contribution < -0.4 is 9.47 Å². The van der Waals surface area contributed by atoms with Crippen molar-refractivity contribution in [2.24, 2.45) is 0 Å². The molecule has 0 unspecified atom stereocenters. The third kappa shape index (κ3) is 2.91. The molecule has 1 aromatic carbocycles. The number of aliphatic hydroxyl groups excluding tert-OH is 1. The second-order valence-corrected chi connectivity index (χ2v) is 4.45. The van der Waals surface area contributed by atoms with Crippen molar-refractivity contribution in [2.75, 3.05) is 13.7 Å². The van der Waals surface area contributed by atoms with Crippen molar-refractivity contribution in [1.82, 2.24) is 0 Å². The number of rotatable bonds is 6. The molecule has 0 amide bonds. The molecule has 3 heteroatoms. The third-order valence-electron chi connectivity index (χ3n) is 3.22. The Balaban J connectivity index is 2.16. The highest BCUT2D eigenvalue weighted by Gasteiger charge is 2.22. The second kappa shape index (κ2) is 5.92. The topological polar surface area (TPSA) is 38.7 Å². The Bertz CT molecular complexity index is 358. The standard InChI is InChI=1S/C14H20O3/c1-16-13-9-2-5-11(6-4-10-15)14(13)17-12-7-3-8-12/h2,5,9,12,15H,3-4,6-8,10H2,1H3. The van der Waals surface area contributed by atoms with Crippen LogP contribution in [0.25, 0.3) is 0 Å². The summed E-state index contributed by atoms with van der Waals surface area (Å²) < 4.78 is 11.3. The Kier molecular flexibility index (Phi) is 4.26. The van der Waals surface area contributed by atoms with E-state index in [0.717, 1.165) is 42.7 Å². The lowest BCUT2D eigenvalue weighted by Gasteiger charge is -2.28. The smallest absolute Gasteiger partial charge is 0.164 e. The summed E-state index contributed by atoms with van der Waals surface area (Å²) in [5, 5.41) is 8.91. The van der Waals surface area contributed by atoms with Crippen molar-refractivity contribution in [3.63, 3.8) is 0 Å². The van der Waals surface area contributed by atoms with E-state index in [0.29, 0.717) is 6.10 Å².